The third-order valence-corrected chi connectivity index (χ3v) is 4.33. The first-order valence-corrected chi connectivity index (χ1v) is 7.38. The fraction of sp³-hybridized carbons (Fsp3) is 0.278. The Morgan fingerprint density at radius 1 is 1.00 bits per heavy atom. The van der Waals surface area contributed by atoms with E-state index in [0.29, 0.717) is 0 Å². The molecule has 0 spiro atoms. The molecule has 0 atom stereocenters. The van der Waals surface area contributed by atoms with E-state index in [1.807, 2.05) is 55.6 Å². The number of urea groups is 1. The number of hydrogen-bond donors (Lipinski definition) is 1. The van der Waals surface area contributed by atoms with Gasteiger partial charge in [0, 0.05) is 12.7 Å². The monoisotopic (exact) mass is 280 g/mol. The van der Waals surface area contributed by atoms with E-state index in [0.717, 1.165) is 24.9 Å². The SMILES string of the molecule is CN(C(=O)NC1(c2ccccc2)CCC1)c1ccccc1. The molecular formula is C18H20N2O. The van der Waals surface area contributed by atoms with Gasteiger partial charge in [-0.2, -0.15) is 0 Å². The molecule has 3 nitrogen and oxygen atoms in total. The van der Waals surface area contributed by atoms with Crippen molar-refractivity contribution in [1.82, 2.24) is 5.32 Å². The number of carbonyl (C=O) groups is 1. The molecule has 2 aromatic carbocycles. The van der Waals surface area contributed by atoms with Gasteiger partial charge in [0.25, 0.3) is 0 Å². The van der Waals surface area contributed by atoms with E-state index in [1.165, 1.54) is 5.56 Å². The molecule has 1 saturated carbocycles. The highest BCUT2D eigenvalue weighted by molar-refractivity contribution is 5.92. The zero-order valence-corrected chi connectivity index (χ0v) is 12.3. The van der Waals surface area contributed by atoms with Crippen molar-refractivity contribution in [3.8, 4) is 0 Å². The molecule has 0 unspecified atom stereocenters. The van der Waals surface area contributed by atoms with E-state index >= 15 is 0 Å². The zero-order chi connectivity index (χ0) is 14.7. The van der Waals surface area contributed by atoms with Gasteiger partial charge in [0.1, 0.15) is 0 Å². The van der Waals surface area contributed by atoms with Crippen molar-refractivity contribution in [3.63, 3.8) is 0 Å². The second-order valence-electron chi connectivity index (χ2n) is 5.63. The summed E-state index contributed by atoms with van der Waals surface area (Å²) in [7, 11) is 1.81. The molecule has 1 aliphatic carbocycles. The molecule has 1 fully saturated rings. The summed E-state index contributed by atoms with van der Waals surface area (Å²) in [5.41, 5.74) is 1.91. The Balaban J connectivity index is 1.77. The van der Waals surface area contributed by atoms with Crippen molar-refractivity contribution in [2.24, 2.45) is 0 Å². The van der Waals surface area contributed by atoms with Crippen molar-refractivity contribution in [2.75, 3.05) is 11.9 Å². The molecule has 3 rings (SSSR count). The smallest absolute Gasteiger partial charge is 0.322 e. The number of hydrogen-bond acceptors (Lipinski definition) is 1. The fourth-order valence-electron chi connectivity index (χ4n) is 2.83. The third-order valence-electron chi connectivity index (χ3n) is 4.33. The Morgan fingerprint density at radius 2 is 1.57 bits per heavy atom. The van der Waals surface area contributed by atoms with Crippen molar-refractivity contribution in [3.05, 3.63) is 66.2 Å². The van der Waals surface area contributed by atoms with Crippen LogP contribution in [-0.2, 0) is 5.54 Å². The van der Waals surface area contributed by atoms with Crippen LogP contribution < -0.4 is 10.2 Å². The predicted molar refractivity (Wildman–Crippen MR) is 85.3 cm³/mol. The molecule has 2 amide bonds. The standard InChI is InChI=1S/C18H20N2O/c1-20(16-11-6-3-7-12-16)17(21)19-18(13-8-14-18)15-9-4-2-5-10-15/h2-7,9-12H,8,13-14H2,1H3,(H,19,21). The van der Waals surface area contributed by atoms with Crippen LogP contribution in [0.1, 0.15) is 24.8 Å². The summed E-state index contributed by atoms with van der Waals surface area (Å²) in [6, 6.07) is 19.9. The van der Waals surface area contributed by atoms with E-state index in [9.17, 15) is 4.79 Å². The van der Waals surface area contributed by atoms with Crippen molar-refractivity contribution >= 4 is 11.7 Å². The molecule has 0 bridgehead atoms. The Bertz CT molecular complexity index is 606. The zero-order valence-electron chi connectivity index (χ0n) is 12.3. The van der Waals surface area contributed by atoms with Gasteiger partial charge in [-0.3, -0.25) is 4.90 Å². The average molecular weight is 280 g/mol. The largest absolute Gasteiger partial charge is 0.328 e. The molecule has 0 aromatic heterocycles. The lowest BCUT2D eigenvalue weighted by atomic mass is 9.72. The van der Waals surface area contributed by atoms with Crippen LogP contribution in [0, 0.1) is 0 Å². The van der Waals surface area contributed by atoms with E-state index in [4.69, 9.17) is 0 Å². The first-order chi connectivity index (χ1) is 10.2. The summed E-state index contributed by atoms with van der Waals surface area (Å²) >= 11 is 0. The summed E-state index contributed by atoms with van der Waals surface area (Å²) in [5, 5.41) is 3.23. The summed E-state index contributed by atoms with van der Waals surface area (Å²) < 4.78 is 0. The number of nitrogens with one attached hydrogen (secondary N) is 1. The normalized spacial score (nSPS) is 15.9. The predicted octanol–water partition coefficient (Wildman–Crippen LogP) is 3.91. The van der Waals surface area contributed by atoms with Crippen LogP contribution in [-0.4, -0.2) is 13.1 Å². The molecule has 21 heavy (non-hydrogen) atoms. The average Bonchev–Trinajstić information content (AvgIpc) is 2.51. The van der Waals surface area contributed by atoms with Gasteiger partial charge < -0.3 is 5.32 Å². The number of carbonyl (C=O) groups excluding carboxylic acids is 1. The third kappa shape index (κ3) is 2.64. The molecular weight excluding hydrogens is 260 g/mol. The lowest BCUT2D eigenvalue weighted by Crippen LogP contribution is -2.54. The van der Waals surface area contributed by atoms with Crippen molar-refractivity contribution in [1.29, 1.82) is 0 Å². The highest BCUT2D eigenvalue weighted by Crippen LogP contribution is 2.41. The minimum Gasteiger partial charge on any atom is -0.328 e. The highest BCUT2D eigenvalue weighted by atomic mass is 16.2. The van der Waals surface area contributed by atoms with Crippen LogP contribution in [0.5, 0.6) is 0 Å². The number of anilines is 1. The Morgan fingerprint density at radius 3 is 2.10 bits per heavy atom. The van der Waals surface area contributed by atoms with Crippen LogP contribution in [0.3, 0.4) is 0 Å². The molecule has 0 heterocycles. The van der Waals surface area contributed by atoms with Gasteiger partial charge in [0.05, 0.1) is 5.54 Å². The summed E-state index contributed by atoms with van der Waals surface area (Å²) in [6.07, 6.45) is 3.17. The molecule has 3 heteroatoms. The summed E-state index contributed by atoms with van der Waals surface area (Å²) in [6.45, 7) is 0. The van der Waals surface area contributed by atoms with Crippen molar-refractivity contribution in [2.45, 2.75) is 24.8 Å². The maximum atomic E-state index is 12.5. The maximum absolute atomic E-state index is 12.5. The summed E-state index contributed by atoms with van der Waals surface area (Å²) in [5.74, 6) is 0. The minimum absolute atomic E-state index is 0.0512. The molecule has 0 aliphatic heterocycles. The van der Waals surface area contributed by atoms with Gasteiger partial charge in [0.2, 0.25) is 0 Å². The van der Waals surface area contributed by atoms with E-state index in [1.54, 1.807) is 4.90 Å². The van der Waals surface area contributed by atoms with E-state index in [-0.39, 0.29) is 11.6 Å². The Kier molecular flexibility index (Phi) is 3.65. The van der Waals surface area contributed by atoms with E-state index < -0.39 is 0 Å². The van der Waals surface area contributed by atoms with E-state index in [2.05, 4.69) is 17.4 Å². The fourth-order valence-corrected chi connectivity index (χ4v) is 2.83. The van der Waals surface area contributed by atoms with Gasteiger partial charge in [0.15, 0.2) is 0 Å². The number of benzene rings is 2. The molecule has 0 radical (unpaired) electrons. The van der Waals surface area contributed by atoms with Crippen LogP contribution in [0.25, 0.3) is 0 Å². The van der Waals surface area contributed by atoms with Crippen LogP contribution >= 0.6 is 0 Å². The molecule has 108 valence electrons. The van der Waals surface area contributed by atoms with Crippen LogP contribution in [0.4, 0.5) is 10.5 Å². The number of rotatable bonds is 3. The maximum Gasteiger partial charge on any atom is 0.322 e. The van der Waals surface area contributed by atoms with Gasteiger partial charge in [-0.15, -0.1) is 0 Å². The van der Waals surface area contributed by atoms with Gasteiger partial charge >= 0.3 is 6.03 Å². The topological polar surface area (TPSA) is 32.3 Å². The number of nitrogens with zero attached hydrogens (tertiary/aromatic N) is 1. The molecule has 0 saturated heterocycles. The van der Waals surface area contributed by atoms with Gasteiger partial charge in [-0.25, -0.2) is 4.79 Å². The number of para-hydroxylation sites is 1. The van der Waals surface area contributed by atoms with Crippen molar-refractivity contribution < 1.29 is 4.79 Å². The lowest BCUT2D eigenvalue weighted by molar-refractivity contribution is 0.182. The van der Waals surface area contributed by atoms with Crippen LogP contribution in [0.15, 0.2) is 60.7 Å². The Hall–Kier alpha value is -2.29. The second kappa shape index (κ2) is 5.60. The number of amides is 2. The first kappa shape index (κ1) is 13.7. The highest BCUT2D eigenvalue weighted by Gasteiger charge is 2.40. The summed E-state index contributed by atoms with van der Waals surface area (Å²) in [4.78, 5) is 14.2. The lowest BCUT2D eigenvalue weighted by Gasteiger charge is -2.43. The first-order valence-electron chi connectivity index (χ1n) is 7.38. The van der Waals surface area contributed by atoms with Gasteiger partial charge in [-0.05, 0) is 37.0 Å². The quantitative estimate of drug-likeness (QED) is 0.908. The molecule has 2 aromatic rings. The minimum atomic E-state index is -0.193. The molecule has 1 N–H and O–H groups in total. The molecule has 1 aliphatic rings. The van der Waals surface area contributed by atoms with Gasteiger partial charge in [-0.1, -0.05) is 48.5 Å². The Labute approximate surface area is 125 Å². The van der Waals surface area contributed by atoms with Crippen LogP contribution in [0.2, 0.25) is 0 Å². The second-order valence-corrected chi connectivity index (χ2v) is 5.63.